The monoisotopic (exact) mass is 362 g/mol. The molecule has 0 aliphatic carbocycles. The van der Waals surface area contributed by atoms with Crippen LogP contribution in [-0.2, 0) is 17.1 Å². The van der Waals surface area contributed by atoms with Crippen LogP contribution in [0, 0.1) is 6.92 Å². The number of nitrogens with zero attached hydrogens (tertiary/aromatic N) is 2. The minimum atomic E-state index is -3.68. The highest BCUT2D eigenvalue weighted by atomic mass is 32.2. The summed E-state index contributed by atoms with van der Waals surface area (Å²) < 4.78 is 33.6. The molecule has 2 heterocycles. The van der Waals surface area contributed by atoms with Crippen LogP contribution < -0.4 is 15.8 Å². The summed E-state index contributed by atoms with van der Waals surface area (Å²) in [6.45, 7) is 2.56. The van der Waals surface area contributed by atoms with Crippen molar-refractivity contribution in [2.24, 2.45) is 7.05 Å². The molecule has 0 bridgehead atoms. The molecule has 0 spiro atoms. The van der Waals surface area contributed by atoms with E-state index in [2.05, 4.69) is 15.0 Å². The third kappa shape index (κ3) is 3.57. The molecule has 0 unspecified atom stereocenters. The van der Waals surface area contributed by atoms with Gasteiger partial charge in [0, 0.05) is 38.2 Å². The van der Waals surface area contributed by atoms with Crippen LogP contribution in [0.1, 0.15) is 5.56 Å². The van der Waals surface area contributed by atoms with E-state index in [-0.39, 0.29) is 11.4 Å². The molecular formula is C16H18N4O4S. The van der Waals surface area contributed by atoms with Gasteiger partial charge in [0.25, 0.3) is 0 Å². The Labute approximate surface area is 144 Å². The second-order valence-electron chi connectivity index (χ2n) is 5.57. The molecule has 2 aromatic heterocycles. The summed E-state index contributed by atoms with van der Waals surface area (Å²) in [5.74, 6) is -0.533. The second-order valence-corrected chi connectivity index (χ2v) is 7.34. The van der Waals surface area contributed by atoms with Crippen molar-refractivity contribution < 1.29 is 12.8 Å². The van der Waals surface area contributed by atoms with Crippen LogP contribution in [0.25, 0.3) is 11.1 Å². The van der Waals surface area contributed by atoms with E-state index in [9.17, 15) is 13.2 Å². The molecule has 25 heavy (non-hydrogen) atoms. The van der Waals surface area contributed by atoms with E-state index in [1.54, 1.807) is 12.4 Å². The first kappa shape index (κ1) is 17.2. The number of benzene rings is 1. The molecule has 2 N–H and O–H groups in total. The lowest BCUT2D eigenvalue weighted by atomic mass is 10.2. The van der Waals surface area contributed by atoms with Crippen LogP contribution in [0.4, 0.5) is 5.69 Å². The third-order valence-corrected chi connectivity index (χ3v) is 5.28. The van der Waals surface area contributed by atoms with Gasteiger partial charge < -0.3 is 9.73 Å². The van der Waals surface area contributed by atoms with Crippen molar-refractivity contribution in [3.05, 3.63) is 52.8 Å². The van der Waals surface area contributed by atoms with E-state index in [0.717, 1.165) is 11.3 Å². The van der Waals surface area contributed by atoms with Crippen molar-refractivity contribution in [1.29, 1.82) is 0 Å². The van der Waals surface area contributed by atoms with Gasteiger partial charge >= 0.3 is 5.76 Å². The molecule has 0 aliphatic rings. The van der Waals surface area contributed by atoms with Gasteiger partial charge in [-0.2, -0.15) is 0 Å². The normalized spacial score (nSPS) is 11.8. The molecule has 0 amide bonds. The van der Waals surface area contributed by atoms with Crippen LogP contribution in [0.5, 0.6) is 0 Å². The van der Waals surface area contributed by atoms with Gasteiger partial charge in [-0.1, -0.05) is 0 Å². The molecule has 3 aromatic rings. The predicted molar refractivity (Wildman–Crippen MR) is 94.1 cm³/mol. The number of hydrogen-bond acceptors (Lipinski definition) is 6. The molecule has 3 rings (SSSR count). The summed E-state index contributed by atoms with van der Waals surface area (Å²) in [6, 6.07) is 6.14. The standard InChI is InChI=1S/C16H18N4O4S/c1-11-10-17-6-5-13(11)18-7-8-19-25(22,23)12-3-4-15-14(9-12)20(2)16(21)24-15/h3-6,9-10,19H,7-8H2,1-2H3,(H,17,18). The molecule has 1 aromatic carbocycles. The maximum Gasteiger partial charge on any atom is 0.419 e. The van der Waals surface area contributed by atoms with Crippen molar-refractivity contribution in [1.82, 2.24) is 14.3 Å². The van der Waals surface area contributed by atoms with Crippen molar-refractivity contribution in [2.45, 2.75) is 11.8 Å². The number of oxazole rings is 1. The van der Waals surface area contributed by atoms with Gasteiger partial charge in [0.2, 0.25) is 10.0 Å². The Bertz CT molecular complexity index is 1070. The van der Waals surface area contributed by atoms with Crippen LogP contribution >= 0.6 is 0 Å². The van der Waals surface area contributed by atoms with Crippen molar-refractivity contribution in [3.8, 4) is 0 Å². The Balaban J connectivity index is 1.68. The Morgan fingerprint density at radius 2 is 2.04 bits per heavy atom. The van der Waals surface area contributed by atoms with E-state index < -0.39 is 15.8 Å². The molecule has 0 atom stereocenters. The minimum Gasteiger partial charge on any atom is -0.408 e. The van der Waals surface area contributed by atoms with Gasteiger partial charge in [-0.25, -0.2) is 17.9 Å². The highest BCUT2D eigenvalue weighted by molar-refractivity contribution is 7.89. The summed E-state index contributed by atoms with van der Waals surface area (Å²) >= 11 is 0. The Hall–Kier alpha value is -2.65. The molecule has 8 nitrogen and oxygen atoms in total. The van der Waals surface area contributed by atoms with Crippen LogP contribution in [-0.4, -0.2) is 31.1 Å². The first-order valence-electron chi connectivity index (χ1n) is 7.62. The average molecular weight is 362 g/mol. The van der Waals surface area contributed by atoms with E-state index in [0.29, 0.717) is 17.6 Å². The fourth-order valence-electron chi connectivity index (χ4n) is 2.41. The van der Waals surface area contributed by atoms with Gasteiger partial charge in [-0.05, 0) is 36.8 Å². The summed E-state index contributed by atoms with van der Waals surface area (Å²) in [5, 5.41) is 3.15. The second kappa shape index (κ2) is 6.69. The number of pyridine rings is 1. The van der Waals surface area contributed by atoms with Crippen LogP contribution in [0.3, 0.4) is 0 Å². The molecule has 0 aliphatic heterocycles. The zero-order chi connectivity index (χ0) is 18.0. The molecular weight excluding hydrogens is 344 g/mol. The van der Waals surface area contributed by atoms with Crippen molar-refractivity contribution >= 4 is 26.8 Å². The maximum atomic E-state index is 12.4. The number of sulfonamides is 1. The third-order valence-electron chi connectivity index (χ3n) is 3.83. The zero-order valence-corrected chi connectivity index (χ0v) is 14.6. The SMILES string of the molecule is Cc1cnccc1NCCNS(=O)(=O)c1ccc2oc(=O)n(C)c2c1. The minimum absolute atomic E-state index is 0.0801. The first-order valence-corrected chi connectivity index (χ1v) is 9.10. The van der Waals surface area contributed by atoms with E-state index in [4.69, 9.17) is 4.42 Å². The van der Waals surface area contributed by atoms with Gasteiger partial charge in [0.15, 0.2) is 5.58 Å². The summed E-state index contributed by atoms with van der Waals surface area (Å²) in [6.07, 6.45) is 3.40. The molecule has 0 fully saturated rings. The summed E-state index contributed by atoms with van der Waals surface area (Å²) in [7, 11) is -2.16. The molecule has 9 heteroatoms. The Kier molecular flexibility index (Phi) is 4.60. The largest absolute Gasteiger partial charge is 0.419 e. The van der Waals surface area contributed by atoms with E-state index in [1.807, 2.05) is 13.0 Å². The lowest BCUT2D eigenvalue weighted by Gasteiger charge is -2.10. The predicted octanol–water partition coefficient (Wildman–Crippen LogP) is 1.23. The highest BCUT2D eigenvalue weighted by Gasteiger charge is 2.16. The summed E-state index contributed by atoms with van der Waals surface area (Å²) in [5.41, 5.74) is 2.67. The van der Waals surface area contributed by atoms with Crippen molar-refractivity contribution in [2.75, 3.05) is 18.4 Å². The van der Waals surface area contributed by atoms with Gasteiger partial charge in [0.05, 0.1) is 10.4 Å². The van der Waals surface area contributed by atoms with Gasteiger partial charge in [0.1, 0.15) is 0 Å². The van der Waals surface area contributed by atoms with Gasteiger partial charge in [-0.3, -0.25) is 9.55 Å². The molecule has 132 valence electrons. The number of fused-ring (bicyclic) bond motifs is 1. The van der Waals surface area contributed by atoms with Crippen molar-refractivity contribution in [3.63, 3.8) is 0 Å². The smallest absolute Gasteiger partial charge is 0.408 e. The number of aryl methyl sites for hydroxylation is 2. The number of nitrogens with one attached hydrogen (secondary N) is 2. The van der Waals surface area contributed by atoms with Crippen LogP contribution in [0.15, 0.2) is 50.8 Å². The van der Waals surface area contributed by atoms with E-state index in [1.165, 1.54) is 29.8 Å². The number of aromatic nitrogens is 2. The number of anilines is 1. The Morgan fingerprint density at radius 1 is 1.24 bits per heavy atom. The summed E-state index contributed by atoms with van der Waals surface area (Å²) in [4.78, 5) is 15.6. The fraction of sp³-hybridized carbons (Fsp3) is 0.250. The fourth-order valence-corrected chi connectivity index (χ4v) is 3.46. The van der Waals surface area contributed by atoms with Gasteiger partial charge in [-0.15, -0.1) is 0 Å². The van der Waals surface area contributed by atoms with Crippen LogP contribution in [0.2, 0.25) is 0 Å². The lowest BCUT2D eigenvalue weighted by Crippen LogP contribution is -2.29. The number of rotatable bonds is 6. The number of hydrogen-bond donors (Lipinski definition) is 2. The van der Waals surface area contributed by atoms with E-state index >= 15 is 0 Å². The first-order chi connectivity index (χ1) is 11.9. The average Bonchev–Trinajstić information content (AvgIpc) is 2.87. The quantitative estimate of drug-likeness (QED) is 0.639. The molecule has 0 radical (unpaired) electrons. The molecule has 0 saturated heterocycles. The topological polar surface area (TPSA) is 106 Å². The zero-order valence-electron chi connectivity index (χ0n) is 13.8. The highest BCUT2D eigenvalue weighted by Crippen LogP contribution is 2.17. The maximum absolute atomic E-state index is 12.4. The lowest BCUT2D eigenvalue weighted by molar-refractivity contribution is 0.528. The molecule has 0 saturated carbocycles. The Morgan fingerprint density at radius 3 is 2.80 bits per heavy atom.